The fraction of sp³-hybridized carbons (Fsp3) is 0.455. The van der Waals surface area contributed by atoms with E-state index >= 15 is 0 Å². The average molecular weight is 457 g/mol. The SMILES string of the molecule is Cc1ccc(N2CCC(Nc3nc(Nc4cc(C(C)(C)O)n(C)n4)ncc3Cl)CC2)nc1. The summed E-state index contributed by atoms with van der Waals surface area (Å²) >= 11 is 6.36. The first-order valence-corrected chi connectivity index (χ1v) is 11.1. The number of aliphatic hydroxyl groups is 1. The van der Waals surface area contributed by atoms with Crippen LogP contribution < -0.4 is 15.5 Å². The van der Waals surface area contributed by atoms with Crippen LogP contribution in [0, 0.1) is 6.92 Å². The van der Waals surface area contributed by atoms with Crippen LogP contribution in [0.5, 0.6) is 0 Å². The highest BCUT2D eigenvalue weighted by atomic mass is 35.5. The van der Waals surface area contributed by atoms with E-state index in [4.69, 9.17) is 11.6 Å². The van der Waals surface area contributed by atoms with Crippen LogP contribution in [0.3, 0.4) is 0 Å². The minimum atomic E-state index is -1.00. The predicted octanol–water partition coefficient (Wildman–Crippen LogP) is 3.62. The van der Waals surface area contributed by atoms with Gasteiger partial charge in [0.2, 0.25) is 5.95 Å². The quantitative estimate of drug-likeness (QED) is 0.516. The van der Waals surface area contributed by atoms with Crippen LogP contribution in [0.2, 0.25) is 5.02 Å². The summed E-state index contributed by atoms with van der Waals surface area (Å²) in [5, 5.41) is 21.7. The number of aromatic nitrogens is 5. The molecule has 0 radical (unpaired) electrons. The zero-order valence-electron chi connectivity index (χ0n) is 18.8. The number of nitrogens with zero attached hydrogens (tertiary/aromatic N) is 6. The smallest absolute Gasteiger partial charge is 0.230 e. The second-order valence-electron chi connectivity index (χ2n) is 8.71. The number of hydrogen-bond donors (Lipinski definition) is 3. The zero-order valence-corrected chi connectivity index (χ0v) is 19.6. The third kappa shape index (κ3) is 5.11. The topological polar surface area (TPSA) is 104 Å². The van der Waals surface area contributed by atoms with Gasteiger partial charge in [-0.15, -0.1) is 0 Å². The largest absolute Gasteiger partial charge is 0.384 e. The Morgan fingerprint density at radius 3 is 2.53 bits per heavy atom. The van der Waals surface area contributed by atoms with Crippen LogP contribution in [-0.4, -0.2) is 49.0 Å². The van der Waals surface area contributed by atoms with Gasteiger partial charge in [-0.2, -0.15) is 10.1 Å². The molecular formula is C22H29ClN8O. The Morgan fingerprint density at radius 1 is 1.16 bits per heavy atom. The second-order valence-corrected chi connectivity index (χ2v) is 9.12. The summed E-state index contributed by atoms with van der Waals surface area (Å²) in [6.07, 6.45) is 5.38. The molecule has 4 heterocycles. The van der Waals surface area contributed by atoms with Crippen molar-refractivity contribution in [2.75, 3.05) is 28.6 Å². The molecule has 0 unspecified atom stereocenters. The zero-order chi connectivity index (χ0) is 22.9. The summed E-state index contributed by atoms with van der Waals surface area (Å²) in [7, 11) is 1.78. The van der Waals surface area contributed by atoms with Crippen LogP contribution in [0.25, 0.3) is 0 Å². The van der Waals surface area contributed by atoms with Crippen LogP contribution in [0.1, 0.15) is 37.9 Å². The van der Waals surface area contributed by atoms with Gasteiger partial charge >= 0.3 is 0 Å². The van der Waals surface area contributed by atoms with Gasteiger partial charge in [0.25, 0.3) is 0 Å². The number of nitrogens with one attached hydrogen (secondary N) is 2. The Bertz CT molecular complexity index is 1070. The maximum atomic E-state index is 10.3. The van der Waals surface area contributed by atoms with Gasteiger partial charge in [0, 0.05) is 38.4 Å². The number of rotatable bonds is 6. The Morgan fingerprint density at radius 2 is 1.91 bits per heavy atom. The molecule has 170 valence electrons. The van der Waals surface area contributed by atoms with Crippen molar-refractivity contribution in [3.05, 3.63) is 46.9 Å². The van der Waals surface area contributed by atoms with Gasteiger partial charge in [0.1, 0.15) is 16.4 Å². The van der Waals surface area contributed by atoms with Gasteiger partial charge in [-0.25, -0.2) is 9.97 Å². The number of piperidine rings is 1. The van der Waals surface area contributed by atoms with Gasteiger partial charge in [0.15, 0.2) is 11.6 Å². The van der Waals surface area contributed by atoms with Gasteiger partial charge < -0.3 is 20.6 Å². The Hall–Kier alpha value is -2.91. The molecule has 0 bridgehead atoms. The summed E-state index contributed by atoms with van der Waals surface area (Å²) in [4.78, 5) is 15.6. The number of halogens is 1. The predicted molar refractivity (Wildman–Crippen MR) is 127 cm³/mol. The lowest BCUT2D eigenvalue weighted by atomic mass is 10.0. The van der Waals surface area contributed by atoms with E-state index in [0.29, 0.717) is 28.3 Å². The van der Waals surface area contributed by atoms with Crippen molar-refractivity contribution in [2.45, 2.75) is 45.3 Å². The molecule has 0 amide bonds. The van der Waals surface area contributed by atoms with Crippen molar-refractivity contribution in [1.82, 2.24) is 24.7 Å². The van der Waals surface area contributed by atoms with E-state index in [9.17, 15) is 5.11 Å². The van der Waals surface area contributed by atoms with E-state index in [1.54, 1.807) is 37.8 Å². The monoisotopic (exact) mass is 456 g/mol. The van der Waals surface area contributed by atoms with Crippen molar-refractivity contribution in [2.24, 2.45) is 7.05 Å². The highest BCUT2D eigenvalue weighted by Gasteiger charge is 2.23. The molecule has 1 aliphatic heterocycles. The molecular weight excluding hydrogens is 428 g/mol. The number of aryl methyl sites for hydroxylation is 2. The second kappa shape index (κ2) is 8.91. The van der Waals surface area contributed by atoms with E-state index < -0.39 is 5.60 Å². The first-order valence-electron chi connectivity index (χ1n) is 10.7. The summed E-state index contributed by atoms with van der Waals surface area (Å²) in [5.74, 6) is 2.55. The van der Waals surface area contributed by atoms with Crippen LogP contribution in [0.15, 0.2) is 30.6 Å². The molecule has 32 heavy (non-hydrogen) atoms. The normalized spacial score (nSPS) is 15.1. The summed E-state index contributed by atoms with van der Waals surface area (Å²) < 4.78 is 1.63. The fourth-order valence-corrected chi connectivity index (χ4v) is 3.98. The maximum Gasteiger partial charge on any atom is 0.230 e. The molecule has 0 aromatic carbocycles. The van der Waals surface area contributed by atoms with Crippen molar-refractivity contribution in [1.29, 1.82) is 0 Å². The Balaban J connectivity index is 1.40. The third-order valence-corrected chi connectivity index (χ3v) is 5.82. The summed E-state index contributed by atoms with van der Waals surface area (Å²) in [6.45, 7) is 7.30. The first kappa shape index (κ1) is 22.3. The maximum absolute atomic E-state index is 10.3. The van der Waals surface area contributed by atoms with Crippen molar-refractivity contribution in [3.63, 3.8) is 0 Å². The van der Waals surface area contributed by atoms with Crippen LogP contribution >= 0.6 is 11.6 Å². The highest BCUT2D eigenvalue weighted by molar-refractivity contribution is 6.32. The third-order valence-electron chi connectivity index (χ3n) is 5.55. The van der Waals surface area contributed by atoms with Crippen molar-refractivity contribution in [3.8, 4) is 0 Å². The molecule has 9 nitrogen and oxygen atoms in total. The summed E-state index contributed by atoms with van der Waals surface area (Å²) in [5.41, 5.74) is 0.843. The molecule has 1 aliphatic rings. The van der Waals surface area contributed by atoms with Crippen LogP contribution in [-0.2, 0) is 12.6 Å². The highest BCUT2D eigenvalue weighted by Crippen LogP contribution is 2.27. The van der Waals surface area contributed by atoms with E-state index in [1.807, 2.05) is 13.1 Å². The van der Waals surface area contributed by atoms with E-state index in [1.165, 1.54) is 0 Å². The van der Waals surface area contributed by atoms with E-state index in [-0.39, 0.29) is 6.04 Å². The molecule has 10 heteroatoms. The minimum Gasteiger partial charge on any atom is -0.384 e. The van der Waals surface area contributed by atoms with Gasteiger partial charge in [0.05, 0.1) is 11.9 Å². The first-order chi connectivity index (χ1) is 15.2. The molecule has 0 aliphatic carbocycles. The molecule has 4 rings (SSSR count). The van der Waals surface area contributed by atoms with Crippen LogP contribution in [0.4, 0.5) is 23.4 Å². The lowest BCUT2D eigenvalue weighted by Gasteiger charge is -2.33. The molecule has 0 spiro atoms. The number of pyridine rings is 1. The molecule has 1 saturated heterocycles. The lowest BCUT2D eigenvalue weighted by Crippen LogP contribution is -2.39. The van der Waals surface area contributed by atoms with Crippen molar-refractivity contribution >= 4 is 35.0 Å². The molecule has 0 saturated carbocycles. The Labute approximate surface area is 192 Å². The van der Waals surface area contributed by atoms with E-state index in [0.717, 1.165) is 37.3 Å². The molecule has 1 fully saturated rings. The van der Waals surface area contributed by atoms with E-state index in [2.05, 4.69) is 47.7 Å². The van der Waals surface area contributed by atoms with Gasteiger partial charge in [-0.3, -0.25) is 4.68 Å². The molecule has 3 N–H and O–H groups in total. The molecule has 3 aromatic rings. The Kier molecular flexibility index (Phi) is 6.21. The molecule has 3 aromatic heterocycles. The lowest BCUT2D eigenvalue weighted by molar-refractivity contribution is 0.0696. The molecule has 0 atom stereocenters. The fourth-order valence-electron chi connectivity index (χ4n) is 3.84. The number of hydrogen-bond acceptors (Lipinski definition) is 8. The minimum absolute atomic E-state index is 0.258. The summed E-state index contributed by atoms with van der Waals surface area (Å²) in [6, 6.07) is 6.20. The van der Waals surface area contributed by atoms with Gasteiger partial charge in [-0.1, -0.05) is 17.7 Å². The number of anilines is 4. The average Bonchev–Trinajstić information content (AvgIpc) is 3.12. The van der Waals surface area contributed by atoms with Gasteiger partial charge in [-0.05, 0) is 45.2 Å². The van der Waals surface area contributed by atoms with Crippen molar-refractivity contribution < 1.29 is 5.11 Å². The standard InChI is InChI=1S/C22H29ClN8O/c1-14-5-6-19(24-12-14)31-9-7-15(8-10-31)26-20-16(23)13-25-21(28-20)27-18-11-17(22(2,3)32)30(4)29-18/h5-6,11-13,15,32H,7-10H2,1-4H3,(H2,25,26,27,28,29).